The highest BCUT2D eigenvalue weighted by molar-refractivity contribution is 6.35. The van der Waals surface area contributed by atoms with Gasteiger partial charge < -0.3 is 10.1 Å². The second-order valence-corrected chi connectivity index (χ2v) is 9.30. The second-order valence-electron chi connectivity index (χ2n) is 8.92. The largest absolute Gasteiger partial charge is 0.444 e. The van der Waals surface area contributed by atoms with E-state index in [0.717, 1.165) is 17.2 Å². The number of ether oxygens (including phenoxy) is 1. The predicted octanol–water partition coefficient (Wildman–Crippen LogP) is 4.39. The van der Waals surface area contributed by atoms with Gasteiger partial charge in [0.1, 0.15) is 22.3 Å². The van der Waals surface area contributed by atoms with Crippen LogP contribution < -0.4 is 10.6 Å². The summed E-state index contributed by atoms with van der Waals surface area (Å²) in [4.78, 5) is 34.0. The number of carbonyl (C=O) groups excluding carboxylic acids is 2. The van der Waals surface area contributed by atoms with E-state index in [1.807, 2.05) is 6.07 Å². The Hall–Kier alpha value is -5.04. The average molecular weight is 575 g/mol. The molecule has 40 heavy (non-hydrogen) atoms. The maximum Gasteiger partial charge on any atom is 0.434 e. The first-order valence-electron chi connectivity index (χ1n) is 11.2. The molecule has 0 atom stereocenters. The lowest BCUT2D eigenvalue weighted by molar-refractivity contribution is -0.143. The van der Waals surface area contributed by atoms with Crippen LogP contribution in [0, 0.1) is 11.3 Å². The predicted molar refractivity (Wildman–Crippen MR) is 133 cm³/mol. The van der Waals surface area contributed by atoms with Crippen molar-refractivity contribution in [2.75, 3.05) is 10.6 Å². The molecule has 4 aromatic heterocycles. The van der Waals surface area contributed by atoms with Gasteiger partial charge in [-0.15, -0.1) is 4.80 Å². The highest BCUT2D eigenvalue weighted by Gasteiger charge is 2.41. The lowest BCUT2D eigenvalue weighted by Crippen LogP contribution is -2.27. The van der Waals surface area contributed by atoms with Gasteiger partial charge in [-0.3, -0.25) is 10.1 Å². The second kappa shape index (κ2) is 10.6. The lowest BCUT2D eigenvalue weighted by atomic mass is 10.2. The van der Waals surface area contributed by atoms with Crippen molar-refractivity contribution in [2.45, 2.75) is 32.5 Å². The maximum absolute atomic E-state index is 14.2. The molecule has 0 aliphatic rings. The third-order valence-electron chi connectivity index (χ3n) is 4.84. The van der Waals surface area contributed by atoms with Crippen LogP contribution in [0.3, 0.4) is 0 Å². The Balaban J connectivity index is 1.67. The van der Waals surface area contributed by atoms with Crippen LogP contribution in [-0.2, 0) is 10.9 Å². The van der Waals surface area contributed by atoms with Crippen molar-refractivity contribution in [3.63, 3.8) is 0 Å². The van der Waals surface area contributed by atoms with Crippen LogP contribution in [0.15, 0.2) is 43.1 Å². The highest BCUT2D eigenvalue weighted by atomic mass is 35.5. The van der Waals surface area contributed by atoms with Gasteiger partial charge in [0.05, 0.1) is 41.7 Å². The fraction of sp³-hybridized carbons (Fsp3) is 0.217. The number of nitrogens with zero attached hydrogens (tertiary/aromatic N) is 8. The standard InChI is InChI=1S/C23H18ClF3N10O3/c1-22(2,3)40-21(39)35-15-4-5-29-19(16(15)24)36-17(23(25,26)27)14(11-33-36)20(38)34-13-8-12(9-28)18(30-10-13)37-31-6-7-32-37/h4-8,10-11H,1-3H3,(H,34,38)(H,29,35,39). The van der Waals surface area contributed by atoms with E-state index in [4.69, 9.17) is 16.3 Å². The number of hydrogen-bond acceptors (Lipinski definition) is 9. The molecule has 0 spiro atoms. The molecule has 0 aliphatic carbocycles. The minimum absolute atomic E-state index is 0.0500. The van der Waals surface area contributed by atoms with Gasteiger partial charge in [0, 0.05) is 6.20 Å². The number of rotatable bonds is 5. The molecule has 0 radical (unpaired) electrons. The molecule has 0 saturated heterocycles. The Morgan fingerprint density at radius 1 is 1.02 bits per heavy atom. The highest BCUT2D eigenvalue weighted by Crippen LogP contribution is 2.36. The number of carbonyl (C=O) groups is 2. The first kappa shape index (κ1) is 28.0. The zero-order valence-electron chi connectivity index (χ0n) is 20.9. The van der Waals surface area contributed by atoms with Gasteiger partial charge in [0.2, 0.25) is 0 Å². The molecule has 0 bridgehead atoms. The van der Waals surface area contributed by atoms with Crippen LogP contribution in [0.1, 0.15) is 42.4 Å². The molecule has 0 unspecified atom stereocenters. The van der Waals surface area contributed by atoms with Gasteiger partial charge in [0.25, 0.3) is 5.91 Å². The zero-order chi connectivity index (χ0) is 29.2. The van der Waals surface area contributed by atoms with Crippen LogP contribution in [0.25, 0.3) is 11.6 Å². The van der Waals surface area contributed by atoms with Crippen LogP contribution in [0.2, 0.25) is 5.02 Å². The number of alkyl halides is 3. The minimum atomic E-state index is -5.09. The van der Waals surface area contributed by atoms with Gasteiger partial charge in [0.15, 0.2) is 17.3 Å². The normalized spacial score (nSPS) is 11.6. The summed E-state index contributed by atoms with van der Waals surface area (Å²) in [5.74, 6) is -1.66. The summed E-state index contributed by atoms with van der Waals surface area (Å²) in [6.07, 6.45) is -0.361. The molecule has 0 fully saturated rings. The van der Waals surface area contributed by atoms with Crippen molar-refractivity contribution in [2.24, 2.45) is 0 Å². The molecule has 4 rings (SSSR count). The van der Waals surface area contributed by atoms with E-state index in [1.54, 1.807) is 20.8 Å². The summed E-state index contributed by atoms with van der Waals surface area (Å²) in [5, 5.41) is 25.1. The van der Waals surface area contributed by atoms with Crippen LogP contribution in [0.4, 0.5) is 29.3 Å². The van der Waals surface area contributed by atoms with Gasteiger partial charge in [-0.05, 0) is 32.9 Å². The van der Waals surface area contributed by atoms with Crippen molar-refractivity contribution >= 4 is 35.0 Å². The molecule has 4 heterocycles. The molecule has 17 heteroatoms. The molecule has 0 saturated carbocycles. The summed E-state index contributed by atoms with van der Waals surface area (Å²) in [6.45, 7) is 4.88. The van der Waals surface area contributed by atoms with E-state index in [-0.39, 0.29) is 27.8 Å². The Bertz CT molecular complexity index is 1620. The number of hydrogen-bond donors (Lipinski definition) is 2. The zero-order valence-corrected chi connectivity index (χ0v) is 21.6. The van der Waals surface area contributed by atoms with E-state index in [1.165, 1.54) is 24.5 Å². The maximum atomic E-state index is 14.2. The Kier molecular flexibility index (Phi) is 7.42. The fourth-order valence-electron chi connectivity index (χ4n) is 3.33. The molecular weight excluding hydrogens is 557 g/mol. The lowest BCUT2D eigenvalue weighted by Gasteiger charge is -2.20. The molecule has 13 nitrogen and oxygen atoms in total. The molecule has 2 amide bonds. The van der Waals surface area contributed by atoms with E-state index in [0.29, 0.717) is 10.9 Å². The Morgan fingerprint density at radius 3 is 2.35 bits per heavy atom. The van der Waals surface area contributed by atoms with Crippen molar-refractivity contribution in [1.82, 2.24) is 34.7 Å². The summed E-state index contributed by atoms with van der Waals surface area (Å²) < 4.78 is 48.1. The van der Waals surface area contributed by atoms with Crippen molar-refractivity contribution in [3.05, 3.63) is 65.0 Å². The summed E-state index contributed by atoms with van der Waals surface area (Å²) >= 11 is 6.28. The number of nitriles is 1. The first-order valence-corrected chi connectivity index (χ1v) is 11.5. The number of aromatic nitrogens is 7. The van der Waals surface area contributed by atoms with Crippen molar-refractivity contribution < 1.29 is 27.5 Å². The summed E-state index contributed by atoms with van der Waals surface area (Å²) in [6, 6.07) is 4.32. The monoisotopic (exact) mass is 574 g/mol. The van der Waals surface area contributed by atoms with E-state index in [2.05, 4.69) is 35.9 Å². The smallest absolute Gasteiger partial charge is 0.434 e. The Labute approximate surface area is 228 Å². The van der Waals surface area contributed by atoms with Gasteiger partial charge >= 0.3 is 12.3 Å². The molecule has 0 aromatic carbocycles. The molecule has 4 aromatic rings. The van der Waals surface area contributed by atoms with Gasteiger partial charge in [-0.1, -0.05) is 11.6 Å². The first-order chi connectivity index (χ1) is 18.8. The minimum Gasteiger partial charge on any atom is -0.444 e. The number of amides is 2. The van der Waals surface area contributed by atoms with Crippen molar-refractivity contribution in [1.29, 1.82) is 5.26 Å². The summed E-state index contributed by atoms with van der Waals surface area (Å²) in [7, 11) is 0. The van der Waals surface area contributed by atoms with Crippen LogP contribution in [-0.4, -0.2) is 52.3 Å². The molecule has 0 aliphatic heterocycles. The fourth-order valence-corrected chi connectivity index (χ4v) is 3.57. The van der Waals surface area contributed by atoms with Crippen LogP contribution in [0.5, 0.6) is 0 Å². The number of halogens is 4. The third kappa shape index (κ3) is 5.99. The molecule has 206 valence electrons. The van der Waals surface area contributed by atoms with E-state index in [9.17, 15) is 28.0 Å². The third-order valence-corrected chi connectivity index (χ3v) is 5.22. The number of anilines is 2. The van der Waals surface area contributed by atoms with E-state index < -0.39 is 40.9 Å². The molecule has 2 N–H and O–H groups in total. The average Bonchev–Trinajstić information content (AvgIpc) is 3.54. The topological polar surface area (TPSA) is 166 Å². The Morgan fingerprint density at radius 2 is 1.73 bits per heavy atom. The quantitative estimate of drug-likeness (QED) is 0.351. The van der Waals surface area contributed by atoms with E-state index >= 15 is 0 Å². The number of nitrogens with one attached hydrogen (secondary N) is 2. The van der Waals surface area contributed by atoms with Crippen molar-refractivity contribution in [3.8, 4) is 17.7 Å². The van der Waals surface area contributed by atoms with Gasteiger partial charge in [-0.2, -0.15) is 33.7 Å². The number of pyridine rings is 2. The molecular formula is C23H18ClF3N10O3. The van der Waals surface area contributed by atoms with Crippen LogP contribution >= 0.6 is 11.6 Å². The SMILES string of the molecule is CC(C)(C)OC(=O)Nc1ccnc(-n2ncc(C(=O)Nc3cnc(-n4nccn4)c(C#N)c3)c2C(F)(F)F)c1Cl. The summed E-state index contributed by atoms with van der Waals surface area (Å²) in [5.41, 5.74) is -3.42. The van der Waals surface area contributed by atoms with Gasteiger partial charge in [-0.25, -0.2) is 19.4 Å².